The Kier molecular flexibility index (Phi) is 4.60. The van der Waals surface area contributed by atoms with Crippen molar-refractivity contribution in [1.82, 2.24) is 9.62 Å². The van der Waals surface area contributed by atoms with E-state index >= 15 is 0 Å². The van der Waals surface area contributed by atoms with Gasteiger partial charge in [0.2, 0.25) is 10.0 Å². The van der Waals surface area contributed by atoms with Gasteiger partial charge in [0.25, 0.3) is 0 Å². The normalized spacial score (nSPS) is 20.1. The Labute approximate surface area is 121 Å². The van der Waals surface area contributed by atoms with E-state index in [1.165, 1.54) is 10.4 Å². The molecule has 0 bridgehead atoms. The highest BCUT2D eigenvalue weighted by Crippen LogP contribution is 2.25. The van der Waals surface area contributed by atoms with E-state index in [1.807, 2.05) is 0 Å². The van der Waals surface area contributed by atoms with Gasteiger partial charge in [-0.25, -0.2) is 12.8 Å². The van der Waals surface area contributed by atoms with Crippen LogP contribution < -0.4 is 5.32 Å². The number of likely N-dealkylation sites (N-methyl/N-ethyl adjacent to an activating group) is 1. The van der Waals surface area contributed by atoms with E-state index in [9.17, 15) is 12.8 Å². The van der Waals surface area contributed by atoms with Crippen molar-refractivity contribution >= 4 is 26.0 Å². The second-order valence-corrected chi connectivity index (χ2v) is 7.52. The molecule has 0 radical (unpaired) electrons. The van der Waals surface area contributed by atoms with E-state index in [2.05, 4.69) is 21.2 Å². The average molecular weight is 351 g/mol. The molecular formula is C12H16BrFN2O2S. The maximum atomic E-state index is 13.0. The molecule has 19 heavy (non-hydrogen) atoms. The maximum Gasteiger partial charge on any atom is 0.243 e. The number of benzene rings is 1. The first-order chi connectivity index (χ1) is 8.91. The molecule has 0 aliphatic carbocycles. The predicted octanol–water partition coefficient (Wildman–Crippen LogP) is 1.96. The van der Waals surface area contributed by atoms with Gasteiger partial charge in [0.15, 0.2) is 0 Å². The molecule has 1 aliphatic rings. The predicted molar refractivity (Wildman–Crippen MR) is 74.9 cm³/mol. The highest BCUT2D eigenvalue weighted by atomic mass is 79.9. The number of hydrogen-bond donors (Lipinski definition) is 1. The van der Waals surface area contributed by atoms with Crippen LogP contribution in [0, 0.1) is 5.82 Å². The van der Waals surface area contributed by atoms with E-state index in [0.717, 1.165) is 31.5 Å². The molecule has 7 heteroatoms. The molecule has 1 fully saturated rings. The summed E-state index contributed by atoms with van der Waals surface area (Å²) in [6.07, 6.45) is 2.04. The fourth-order valence-corrected chi connectivity index (χ4v) is 4.40. The number of rotatable bonds is 4. The Morgan fingerprint density at radius 1 is 1.53 bits per heavy atom. The summed E-state index contributed by atoms with van der Waals surface area (Å²) >= 11 is 3.10. The summed E-state index contributed by atoms with van der Waals surface area (Å²) in [6, 6.07) is 3.79. The van der Waals surface area contributed by atoms with Crippen LogP contribution in [0.4, 0.5) is 4.39 Å². The average Bonchev–Trinajstić information content (AvgIpc) is 2.81. The first-order valence-electron chi connectivity index (χ1n) is 6.06. The van der Waals surface area contributed by atoms with Gasteiger partial charge in [-0.05, 0) is 53.5 Å². The van der Waals surface area contributed by atoms with Crippen molar-refractivity contribution in [3.05, 3.63) is 28.5 Å². The fourth-order valence-electron chi connectivity index (χ4n) is 2.17. The van der Waals surface area contributed by atoms with Gasteiger partial charge in [0, 0.05) is 24.1 Å². The van der Waals surface area contributed by atoms with Crippen LogP contribution in [-0.4, -0.2) is 38.9 Å². The van der Waals surface area contributed by atoms with Crippen LogP contribution in [0.5, 0.6) is 0 Å². The van der Waals surface area contributed by atoms with Gasteiger partial charge >= 0.3 is 0 Å². The number of nitrogens with zero attached hydrogens (tertiary/aromatic N) is 1. The first kappa shape index (κ1) is 14.9. The number of hydrogen-bond acceptors (Lipinski definition) is 3. The minimum atomic E-state index is -3.59. The van der Waals surface area contributed by atoms with Crippen molar-refractivity contribution in [3.63, 3.8) is 0 Å². The van der Waals surface area contributed by atoms with Crippen molar-refractivity contribution in [2.75, 3.05) is 20.1 Å². The smallest absolute Gasteiger partial charge is 0.243 e. The van der Waals surface area contributed by atoms with E-state index in [1.54, 1.807) is 7.05 Å². The molecule has 1 unspecified atom stereocenters. The van der Waals surface area contributed by atoms with Crippen LogP contribution in [-0.2, 0) is 10.0 Å². The Bertz CT molecular complexity index is 559. The Morgan fingerprint density at radius 2 is 2.26 bits per heavy atom. The molecule has 1 aliphatic heterocycles. The summed E-state index contributed by atoms with van der Waals surface area (Å²) in [5.74, 6) is -0.467. The van der Waals surface area contributed by atoms with Gasteiger partial charge in [-0.15, -0.1) is 0 Å². The molecule has 1 saturated heterocycles. The zero-order valence-electron chi connectivity index (χ0n) is 10.6. The molecular weight excluding hydrogens is 335 g/mol. The molecule has 2 rings (SSSR count). The highest BCUT2D eigenvalue weighted by Gasteiger charge is 2.26. The largest absolute Gasteiger partial charge is 0.313 e. The molecule has 106 valence electrons. The third kappa shape index (κ3) is 3.34. The lowest BCUT2D eigenvalue weighted by Gasteiger charge is -2.21. The second-order valence-electron chi connectivity index (χ2n) is 4.65. The SMILES string of the molecule is CN(CC1CCCN1)S(=O)(=O)c1ccc(F)cc1Br. The minimum absolute atomic E-state index is 0.0920. The molecule has 1 heterocycles. The third-order valence-electron chi connectivity index (χ3n) is 3.22. The van der Waals surface area contributed by atoms with E-state index < -0.39 is 15.8 Å². The quantitative estimate of drug-likeness (QED) is 0.902. The molecule has 1 atom stereocenters. The molecule has 1 N–H and O–H groups in total. The molecule has 0 amide bonds. The van der Waals surface area contributed by atoms with Gasteiger partial charge < -0.3 is 5.32 Å². The van der Waals surface area contributed by atoms with Gasteiger partial charge in [-0.2, -0.15) is 4.31 Å². The summed E-state index contributed by atoms with van der Waals surface area (Å²) in [5, 5.41) is 3.26. The number of nitrogens with one attached hydrogen (secondary N) is 1. The molecule has 1 aromatic rings. The Hall–Kier alpha value is -0.500. The van der Waals surface area contributed by atoms with Crippen molar-refractivity contribution in [2.24, 2.45) is 0 Å². The summed E-state index contributed by atoms with van der Waals surface area (Å²) in [6.45, 7) is 1.35. The van der Waals surface area contributed by atoms with Crippen molar-refractivity contribution < 1.29 is 12.8 Å². The van der Waals surface area contributed by atoms with Crippen molar-refractivity contribution in [3.8, 4) is 0 Å². The van der Waals surface area contributed by atoms with E-state index in [4.69, 9.17) is 0 Å². The van der Waals surface area contributed by atoms with Crippen LogP contribution in [0.15, 0.2) is 27.6 Å². The lowest BCUT2D eigenvalue weighted by Crippen LogP contribution is -2.38. The van der Waals surface area contributed by atoms with Crippen LogP contribution in [0.25, 0.3) is 0 Å². The van der Waals surface area contributed by atoms with Crippen molar-refractivity contribution in [2.45, 2.75) is 23.8 Å². The fraction of sp³-hybridized carbons (Fsp3) is 0.500. The molecule has 0 spiro atoms. The maximum absolute atomic E-state index is 13.0. The Morgan fingerprint density at radius 3 is 2.84 bits per heavy atom. The summed E-state index contributed by atoms with van der Waals surface area (Å²) in [5.41, 5.74) is 0. The number of halogens is 2. The standard InChI is InChI=1S/C12H16BrFN2O2S/c1-16(8-10-3-2-6-15-10)19(17,18)12-5-4-9(14)7-11(12)13/h4-5,7,10,15H,2-3,6,8H2,1H3. The second kappa shape index (κ2) is 5.87. The van der Waals surface area contributed by atoms with Gasteiger partial charge in [-0.3, -0.25) is 0 Å². The van der Waals surface area contributed by atoms with Gasteiger partial charge in [0.1, 0.15) is 5.82 Å². The van der Waals surface area contributed by atoms with Crippen LogP contribution >= 0.6 is 15.9 Å². The molecule has 0 saturated carbocycles. The molecule has 0 aromatic heterocycles. The van der Waals surface area contributed by atoms with Gasteiger partial charge in [0.05, 0.1) is 4.90 Å². The molecule has 4 nitrogen and oxygen atoms in total. The first-order valence-corrected chi connectivity index (χ1v) is 8.29. The summed E-state index contributed by atoms with van der Waals surface area (Å²) in [4.78, 5) is 0.0920. The highest BCUT2D eigenvalue weighted by molar-refractivity contribution is 9.10. The zero-order valence-corrected chi connectivity index (χ0v) is 13.0. The van der Waals surface area contributed by atoms with Crippen LogP contribution in [0.3, 0.4) is 0 Å². The van der Waals surface area contributed by atoms with Crippen LogP contribution in [0.2, 0.25) is 0 Å². The lowest BCUT2D eigenvalue weighted by molar-refractivity contribution is 0.417. The van der Waals surface area contributed by atoms with Crippen molar-refractivity contribution in [1.29, 1.82) is 0 Å². The molecule has 1 aromatic carbocycles. The van der Waals surface area contributed by atoms with Crippen LogP contribution in [0.1, 0.15) is 12.8 Å². The third-order valence-corrected chi connectivity index (χ3v) is 6.02. The summed E-state index contributed by atoms with van der Waals surface area (Å²) < 4.78 is 39.4. The monoisotopic (exact) mass is 350 g/mol. The number of sulfonamides is 1. The summed E-state index contributed by atoms with van der Waals surface area (Å²) in [7, 11) is -2.05. The topological polar surface area (TPSA) is 49.4 Å². The lowest BCUT2D eigenvalue weighted by atomic mass is 10.2. The Balaban J connectivity index is 2.20. The minimum Gasteiger partial charge on any atom is -0.313 e. The zero-order chi connectivity index (χ0) is 14.0. The van der Waals surface area contributed by atoms with E-state index in [0.29, 0.717) is 6.54 Å². The van der Waals surface area contributed by atoms with Gasteiger partial charge in [-0.1, -0.05) is 0 Å². The van der Waals surface area contributed by atoms with E-state index in [-0.39, 0.29) is 15.4 Å².